The number of benzene rings is 2. The van der Waals surface area contributed by atoms with Gasteiger partial charge in [-0.1, -0.05) is 12.1 Å². The molecule has 0 radical (unpaired) electrons. The SMILES string of the molecule is Nc1ccc2c(c1)ncc1c(N)nc3cc(NCCN4CCOCC4)ccc3c12. The Labute approximate surface area is 168 Å². The summed E-state index contributed by atoms with van der Waals surface area (Å²) in [6, 6.07) is 12.1. The first kappa shape index (κ1) is 17.9. The minimum atomic E-state index is 0.490. The highest BCUT2D eigenvalue weighted by atomic mass is 16.5. The number of nitrogens with one attached hydrogen (secondary N) is 1. The molecule has 148 valence electrons. The second kappa shape index (κ2) is 7.35. The Balaban J connectivity index is 1.50. The summed E-state index contributed by atoms with van der Waals surface area (Å²) in [7, 11) is 0. The maximum absolute atomic E-state index is 6.28. The summed E-state index contributed by atoms with van der Waals surface area (Å²) in [5.41, 5.74) is 15.7. The van der Waals surface area contributed by atoms with Gasteiger partial charge in [-0.3, -0.25) is 9.88 Å². The molecule has 1 aliphatic heterocycles. The molecule has 7 nitrogen and oxygen atoms in total. The summed E-state index contributed by atoms with van der Waals surface area (Å²) in [6.07, 6.45) is 1.79. The summed E-state index contributed by atoms with van der Waals surface area (Å²) in [5.74, 6) is 0.490. The molecule has 2 aromatic heterocycles. The number of fused-ring (bicyclic) bond motifs is 5. The fraction of sp³-hybridized carbons (Fsp3) is 0.273. The van der Waals surface area contributed by atoms with Gasteiger partial charge in [0.25, 0.3) is 0 Å². The first-order valence-corrected chi connectivity index (χ1v) is 9.90. The number of nitrogens with zero attached hydrogens (tertiary/aromatic N) is 3. The van der Waals surface area contributed by atoms with Gasteiger partial charge in [0.2, 0.25) is 0 Å². The van der Waals surface area contributed by atoms with Crippen molar-refractivity contribution in [3.63, 3.8) is 0 Å². The number of aromatic nitrogens is 2. The molecule has 29 heavy (non-hydrogen) atoms. The van der Waals surface area contributed by atoms with Gasteiger partial charge in [-0.05, 0) is 24.3 Å². The standard InChI is InChI=1S/C22H24N6O/c23-14-1-3-16-19(11-14)26-13-18-21(16)17-4-2-15(12-20(17)27-22(18)24)25-5-6-28-7-9-29-10-8-28/h1-4,11-13,25H,5-10,23H2,(H2,24,27). The third kappa shape index (κ3) is 3.39. The molecule has 0 saturated carbocycles. The molecule has 0 unspecified atom stereocenters. The second-order valence-corrected chi connectivity index (χ2v) is 7.43. The number of morpholine rings is 1. The summed E-state index contributed by atoms with van der Waals surface area (Å²) < 4.78 is 5.40. The quantitative estimate of drug-likeness (QED) is 0.365. The average molecular weight is 388 g/mol. The van der Waals surface area contributed by atoms with Crippen molar-refractivity contribution in [3.8, 4) is 0 Å². The maximum atomic E-state index is 6.28. The minimum Gasteiger partial charge on any atom is -0.399 e. The summed E-state index contributed by atoms with van der Waals surface area (Å²) in [6.45, 7) is 5.50. The Hall–Kier alpha value is -3.16. The van der Waals surface area contributed by atoms with E-state index in [2.05, 4.69) is 38.4 Å². The van der Waals surface area contributed by atoms with Gasteiger partial charge in [-0.2, -0.15) is 0 Å². The van der Waals surface area contributed by atoms with E-state index in [0.29, 0.717) is 11.5 Å². The number of pyridine rings is 2. The van der Waals surface area contributed by atoms with Crippen LogP contribution < -0.4 is 16.8 Å². The number of nitrogens with two attached hydrogens (primary N) is 2. The van der Waals surface area contributed by atoms with Crippen molar-refractivity contribution in [3.05, 3.63) is 42.6 Å². The number of hydrogen-bond donors (Lipinski definition) is 3. The van der Waals surface area contributed by atoms with E-state index < -0.39 is 0 Å². The maximum Gasteiger partial charge on any atom is 0.133 e. The van der Waals surface area contributed by atoms with Crippen LogP contribution >= 0.6 is 0 Å². The first-order valence-electron chi connectivity index (χ1n) is 9.90. The van der Waals surface area contributed by atoms with Crippen LogP contribution in [0.3, 0.4) is 0 Å². The lowest BCUT2D eigenvalue weighted by Gasteiger charge is -2.26. The third-order valence-corrected chi connectivity index (χ3v) is 5.54. The molecule has 3 heterocycles. The van der Waals surface area contributed by atoms with Gasteiger partial charge in [0.05, 0.1) is 24.2 Å². The second-order valence-electron chi connectivity index (χ2n) is 7.43. The number of rotatable bonds is 4. The first-order chi connectivity index (χ1) is 14.2. The zero-order valence-corrected chi connectivity index (χ0v) is 16.2. The van der Waals surface area contributed by atoms with E-state index in [4.69, 9.17) is 16.2 Å². The molecular formula is C22H24N6O. The Morgan fingerprint density at radius 3 is 2.62 bits per heavy atom. The molecule has 1 saturated heterocycles. The van der Waals surface area contributed by atoms with E-state index in [1.165, 1.54) is 0 Å². The van der Waals surface area contributed by atoms with Crippen molar-refractivity contribution >= 4 is 49.8 Å². The number of anilines is 3. The van der Waals surface area contributed by atoms with E-state index in [9.17, 15) is 0 Å². The molecule has 0 atom stereocenters. The Morgan fingerprint density at radius 1 is 0.966 bits per heavy atom. The molecule has 0 bridgehead atoms. The summed E-state index contributed by atoms with van der Waals surface area (Å²) >= 11 is 0. The fourth-order valence-corrected chi connectivity index (χ4v) is 4.01. The molecule has 0 spiro atoms. The summed E-state index contributed by atoms with van der Waals surface area (Å²) in [5, 5.41) is 7.53. The van der Waals surface area contributed by atoms with Crippen molar-refractivity contribution in [1.29, 1.82) is 0 Å². The van der Waals surface area contributed by atoms with Gasteiger partial charge in [-0.15, -0.1) is 0 Å². The largest absolute Gasteiger partial charge is 0.399 e. The summed E-state index contributed by atoms with van der Waals surface area (Å²) in [4.78, 5) is 11.6. The molecule has 4 aromatic rings. The van der Waals surface area contributed by atoms with E-state index in [-0.39, 0.29) is 0 Å². The lowest BCUT2D eigenvalue weighted by Crippen LogP contribution is -2.38. The monoisotopic (exact) mass is 388 g/mol. The van der Waals surface area contributed by atoms with E-state index in [1.54, 1.807) is 6.20 Å². The Kier molecular flexibility index (Phi) is 4.54. The van der Waals surface area contributed by atoms with Gasteiger partial charge in [0.1, 0.15) is 5.82 Å². The zero-order valence-electron chi connectivity index (χ0n) is 16.2. The van der Waals surface area contributed by atoms with Crippen LogP contribution in [0.5, 0.6) is 0 Å². The highest BCUT2D eigenvalue weighted by molar-refractivity contribution is 6.21. The number of hydrogen-bond acceptors (Lipinski definition) is 7. The van der Waals surface area contributed by atoms with Crippen LogP contribution in [0.4, 0.5) is 17.2 Å². The molecule has 5 rings (SSSR count). The van der Waals surface area contributed by atoms with Crippen LogP contribution in [0, 0.1) is 0 Å². The molecule has 0 amide bonds. The van der Waals surface area contributed by atoms with E-state index in [1.807, 2.05) is 18.2 Å². The Bertz CT molecular complexity index is 1200. The van der Waals surface area contributed by atoms with Crippen molar-refractivity contribution in [1.82, 2.24) is 14.9 Å². The molecule has 7 heteroatoms. The van der Waals surface area contributed by atoms with E-state index in [0.717, 1.165) is 77.7 Å². The molecule has 2 aromatic carbocycles. The van der Waals surface area contributed by atoms with Crippen LogP contribution in [0.15, 0.2) is 42.6 Å². The van der Waals surface area contributed by atoms with Gasteiger partial charge in [0, 0.05) is 65.3 Å². The number of nitrogen functional groups attached to an aromatic ring is 2. The van der Waals surface area contributed by atoms with Crippen LogP contribution in [0.1, 0.15) is 0 Å². The van der Waals surface area contributed by atoms with E-state index >= 15 is 0 Å². The van der Waals surface area contributed by atoms with Crippen molar-refractivity contribution in [2.45, 2.75) is 0 Å². The highest BCUT2D eigenvalue weighted by Crippen LogP contribution is 2.34. The third-order valence-electron chi connectivity index (χ3n) is 5.54. The van der Waals surface area contributed by atoms with Gasteiger partial charge in [-0.25, -0.2) is 4.98 Å². The van der Waals surface area contributed by atoms with Crippen molar-refractivity contribution in [2.24, 2.45) is 0 Å². The molecule has 5 N–H and O–H groups in total. The normalized spacial score (nSPS) is 15.3. The smallest absolute Gasteiger partial charge is 0.133 e. The minimum absolute atomic E-state index is 0.490. The topological polar surface area (TPSA) is 102 Å². The predicted octanol–water partition coefficient (Wildman–Crippen LogP) is 2.84. The van der Waals surface area contributed by atoms with Crippen LogP contribution in [-0.2, 0) is 4.74 Å². The zero-order chi connectivity index (χ0) is 19.8. The Morgan fingerprint density at radius 2 is 1.76 bits per heavy atom. The van der Waals surface area contributed by atoms with Crippen LogP contribution in [0.2, 0.25) is 0 Å². The number of ether oxygens (including phenoxy) is 1. The molecule has 1 fully saturated rings. The van der Waals surface area contributed by atoms with Crippen molar-refractivity contribution < 1.29 is 4.74 Å². The van der Waals surface area contributed by atoms with Gasteiger partial charge in [0.15, 0.2) is 0 Å². The highest BCUT2D eigenvalue weighted by Gasteiger charge is 2.12. The van der Waals surface area contributed by atoms with Crippen LogP contribution in [0.25, 0.3) is 32.6 Å². The lowest BCUT2D eigenvalue weighted by molar-refractivity contribution is 0.0398. The average Bonchev–Trinajstić information content (AvgIpc) is 2.74. The van der Waals surface area contributed by atoms with Crippen molar-refractivity contribution in [2.75, 3.05) is 56.2 Å². The van der Waals surface area contributed by atoms with Gasteiger partial charge < -0.3 is 21.5 Å². The predicted molar refractivity (Wildman–Crippen MR) is 119 cm³/mol. The molecule has 0 aliphatic carbocycles. The molecular weight excluding hydrogens is 364 g/mol. The lowest BCUT2D eigenvalue weighted by atomic mass is 10.0. The van der Waals surface area contributed by atoms with Gasteiger partial charge >= 0.3 is 0 Å². The van der Waals surface area contributed by atoms with Crippen LogP contribution in [-0.4, -0.2) is 54.3 Å². The molecule has 1 aliphatic rings. The fourth-order valence-electron chi connectivity index (χ4n) is 4.01.